The first-order chi connectivity index (χ1) is 13.6. The third-order valence-electron chi connectivity index (χ3n) is 7.03. The number of hydrogen-bond donors (Lipinski definition) is 2. The molecule has 6 nitrogen and oxygen atoms in total. The van der Waals surface area contributed by atoms with Crippen molar-refractivity contribution < 1.29 is 13.9 Å². The second kappa shape index (κ2) is 7.08. The maximum atomic E-state index is 12.8. The lowest BCUT2D eigenvalue weighted by molar-refractivity contribution is 0.0535. The van der Waals surface area contributed by atoms with Crippen LogP contribution in [0.5, 0.6) is 0 Å². The number of benzene rings is 1. The van der Waals surface area contributed by atoms with Gasteiger partial charge in [0.05, 0.1) is 11.8 Å². The van der Waals surface area contributed by atoms with E-state index in [2.05, 4.69) is 10.2 Å². The summed E-state index contributed by atoms with van der Waals surface area (Å²) in [6.07, 6.45) is 4.00. The quantitative estimate of drug-likeness (QED) is 0.776. The summed E-state index contributed by atoms with van der Waals surface area (Å²) in [5.74, 6) is 2.85. The number of hydrogen-bond acceptors (Lipinski definition) is 5. The minimum absolute atomic E-state index is 0.0629. The largest absolute Gasteiger partial charge is 0.463 e. The number of carbonyl (C=O) groups is 1. The number of fused-ring (bicyclic) bond motifs is 2. The zero-order chi connectivity index (χ0) is 19.3. The molecule has 0 spiro atoms. The van der Waals surface area contributed by atoms with E-state index in [9.17, 15) is 4.79 Å². The summed E-state index contributed by atoms with van der Waals surface area (Å²) in [5, 5.41) is 3.96. The number of furan rings is 1. The molecule has 1 aromatic heterocycles. The third-order valence-corrected chi connectivity index (χ3v) is 7.03. The molecule has 2 saturated heterocycles. The van der Waals surface area contributed by atoms with Crippen LogP contribution in [-0.4, -0.2) is 50.2 Å². The molecule has 2 atom stereocenters. The van der Waals surface area contributed by atoms with Crippen molar-refractivity contribution in [2.45, 2.75) is 19.8 Å². The molecular formula is C22H29N3O3. The number of nitrogens with one attached hydrogen (secondary N) is 1. The van der Waals surface area contributed by atoms with E-state index in [4.69, 9.17) is 14.9 Å². The standard InChI is InChI=1S/C22H29N3O3/c1-13-8-16(21-15(20(13)23)4-7-28-21)22(26)24-9-17-18-11-25(12-19(17)18)10-14-2-5-27-6-3-14/h4,7-8,14,17-19H,2-3,5-6,9-12,23H2,1H3,(H,24,26). The van der Waals surface area contributed by atoms with Gasteiger partial charge in [-0.05, 0) is 61.1 Å². The molecule has 1 aromatic carbocycles. The maximum absolute atomic E-state index is 12.8. The molecule has 1 aliphatic carbocycles. The van der Waals surface area contributed by atoms with E-state index in [0.717, 1.165) is 48.5 Å². The van der Waals surface area contributed by atoms with Gasteiger partial charge in [-0.15, -0.1) is 0 Å². The van der Waals surface area contributed by atoms with E-state index in [1.54, 1.807) is 6.26 Å². The van der Waals surface area contributed by atoms with Crippen molar-refractivity contribution in [1.82, 2.24) is 10.2 Å². The molecule has 28 heavy (non-hydrogen) atoms. The highest BCUT2D eigenvalue weighted by Crippen LogP contribution is 2.51. The highest BCUT2D eigenvalue weighted by atomic mass is 16.5. The monoisotopic (exact) mass is 383 g/mol. The van der Waals surface area contributed by atoms with Gasteiger partial charge in [-0.25, -0.2) is 0 Å². The molecule has 150 valence electrons. The summed E-state index contributed by atoms with van der Waals surface area (Å²) in [5.41, 5.74) is 8.86. The maximum Gasteiger partial charge on any atom is 0.255 e. The van der Waals surface area contributed by atoms with Crippen molar-refractivity contribution in [3.8, 4) is 0 Å². The second-order valence-electron chi connectivity index (χ2n) is 8.79. The van der Waals surface area contributed by atoms with Crippen molar-refractivity contribution in [1.29, 1.82) is 0 Å². The number of aryl methyl sites for hydroxylation is 1. The van der Waals surface area contributed by atoms with Gasteiger partial charge in [0.2, 0.25) is 0 Å². The Morgan fingerprint density at radius 2 is 2.04 bits per heavy atom. The lowest BCUT2D eigenvalue weighted by Crippen LogP contribution is -2.34. The topological polar surface area (TPSA) is 80.7 Å². The first kappa shape index (κ1) is 18.0. The van der Waals surface area contributed by atoms with Gasteiger partial charge in [0.1, 0.15) is 5.58 Å². The van der Waals surface area contributed by atoms with E-state index < -0.39 is 0 Å². The molecule has 0 radical (unpaired) electrons. The van der Waals surface area contributed by atoms with Gasteiger partial charge in [-0.1, -0.05) is 0 Å². The Morgan fingerprint density at radius 3 is 2.79 bits per heavy atom. The van der Waals surface area contributed by atoms with Gasteiger partial charge < -0.3 is 25.1 Å². The van der Waals surface area contributed by atoms with Crippen LogP contribution in [-0.2, 0) is 4.74 Å². The predicted molar refractivity (Wildman–Crippen MR) is 108 cm³/mol. The van der Waals surface area contributed by atoms with Gasteiger partial charge >= 0.3 is 0 Å². The van der Waals surface area contributed by atoms with Gasteiger partial charge in [-0.3, -0.25) is 4.79 Å². The molecule has 1 amide bonds. The van der Waals surface area contributed by atoms with Gasteiger partial charge in [-0.2, -0.15) is 0 Å². The Morgan fingerprint density at radius 1 is 1.29 bits per heavy atom. The summed E-state index contributed by atoms with van der Waals surface area (Å²) in [4.78, 5) is 15.4. The Balaban J connectivity index is 1.14. The lowest BCUT2D eigenvalue weighted by atomic mass is 9.99. The molecule has 1 saturated carbocycles. The molecule has 3 fully saturated rings. The molecule has 3 N–H and O–H groups in total. The van der Waals surface area contributed by atoms with Crippen LogP contribution in [0.4, 0.5) is 5.69 Å². The van der Waals surface area contributed by atoms with E-state index in [1.165, 1.54) is 32.5 Å². The van der Waals surface area contributed by atoms with Crippen molar-refractivity contribution in [2.24, 2.45) is 23.7 Å². The van der Waals surface area contributed by atoms with Crippen molar-refractivity contribution in [2.75, 3.05) is 45.1 Å². The molecule has 3 heterocycles. The zero-order valence-corrected chi connectivity index (χ0v) is 16.4. The van der Waals surface area contributed by atoms with Crippen LogP contribution in [0.15, 0.2) is 22.8 Å². The van der Waals surface area contributed by atoms with Crippen LogP contribution in [0.1, 0.15) is 28.8 Å². The Hall–Kier alpha value is -2.05. The Bertz CT molecular complexity index is 875. The first-order valence-electron chi connectivity index (χ1n) is 10.5. The lowest BCUT2D eigenvalue weighted by Gasteiger charge is -2.28. The molecule has 6 heteroatoms. The summed E-state index contributed by atoms with van der Waals surface area (Å²) in [6.45, 7) is 8.12. The van der Waals surface area contributed by atoms with E-state index in [0.29, 0.717) is 22.8 Å². The molecule has 2 aliphatic heterocycles. The Labute approximate surface area is 165 Å². The van der Waals surface area contributed by atoms with Crippen LogP contribution in [0.2, 0.25) is 0 Å². The fourth-order valence-electron chi connectivity index (χ4n) is 5.26. The summed E-state index contributed by atoms with van der Waals surface area (Å²) in [7, 11) is 0. The van der Waals surface area contributed by atoms with Gasteiger partial charge in [0.15, 0.2) is 0 Å². The summed E-state index contributed by atoms with van der Waals surface area (Å²) in [6, 6.07) is 3.66. The third kappa shape index (κ3) is 3.18. The fraction of sp³-hybridized carbons (Fsp3) is 0.591. The number of carbonyl (C=O) groups excluding carboxylic acids is 1. The smallest absolute Gasteiger partial charge is 0.255 e. The highest BCUT2D eigenvalue weighted by molar-refractivity contribution is 6.08. The normalized spacial score (nSPS) is 27.8. The number of likely N-dealkylation sites (tertiary alicyclic amines) is 1. The van der Waals surface area contributed by atoms with Crippen LogP contribution < -0.4 is 11.1 Å². The van der Waals surface area contributed by atoms with Gasteiger partial charge in [0, 0.05) is 50.5 Å². The molecule has 3 aliphatic rings. The molecule has 2 unspecified atom stereocenters. The number of rotatable bonds is 5. The van der Waals surface area contributed by atoms with E-state index >= 15 is 0 Å². The number of ether oxygens (including phenoxy) is 1. The van der Waals surface area contributed by atoms with Crippen molar-refractivity contribution >= 4 is 22.6 Å². The molecule has 0 bridgehead atoms. The van der Waals surface area contributed by atoms with Crippen LogP contribution in [0.3, 0.4) is 0 Å². The van der Waals surface area contributed by atoms with Crippen molar-refractivity contribution in [3.63, 3.8) is 0 Å². The van der Waals surface area contributed by atoms with Gasteiger partial charge in [0.25, 0.3) is 5.91 Å². The predicted octanol–water partition coefficient (Wildman–Crippen LogP) is 2.66. The van der Waals surface area contributed by atoms with Crippen LogP contribution in [0, 0.1) is 30.6 Å². The average molecular weight is 383 g/mol. The number of amides is 1. The molecular weight excluding hydrogens is 354 g/mol. The number of nitrogen functional groups attached to an aromatic ring is 1. The van der Waals surface area contributed by atoms with Crippen molar-refractivity contribution in [3.05, 3.63) is 29.5 Å². The van der Waals surface area contributed by atoms with Crippen LogP contribution in [0.25, 0.3) is 11.0 Å². The number of piperidine rings is 1. The number of anilines is 1. The van der Waals surface area contributed by atoms with E-state index in [1.807, 2.05) is 19.1 Å². The minimum Gasteiger partial charge on any atom is -0.463 e. The minimum atomic E-state index is -0.0629. The van der Waals surface area contributed by atoms with Crippen LogP contribution >= 0.6 is 0 Å². The molecule has 5 rings (SSSR count). The number of nitrogens with two attached hydrogens (primary N) is 1. The zero-order valence-electron chi connectivity index (χ0n) is 16.4. The fourth-order valence-corrected chi connectivity index (χ4v) is 5.26. The Kier molecular flexibility index (Phi) is 4.56. The van der Waals surface area contributed by atoms with E-state index in [-0.39, 0.29) is 5.91 Å². The first-order valence-corrected chi connectivity index (χ1v) is 10.5. The molecule has 2 aromatic rings. The SMILES string of the molecule is Cc1cc(C(=O)NCC2C3CN(CC4CCOCC4)CC23)c2occc2c1N. The highest BCUT2D eigenvalue weighted by Gasteiger charge is 2.55. The second-order valence-corrected chi connectivity index (χ2v) is 8.79. The average Bonchev–Trinajstić information content (AvgIpc) is 3.07. The summed E-state index contributed by atoms with van der Waals surface area (Å²) >= 11 is 0. The number of nitrogens with zero attached hydrogens (tertiary/aromatic N) is 1. The summed E-state index contributed by atoms with van der Waals surface area (Å²) < 4.78 is 11.0.